The Hall–Kier alpha value is -1.60. The number of benzene rings is 2. The fraction of sp³-hybridized carbons (Fsp3) is 0.263. The lowest BCUT2D eigenvalue weighted by Crippen LogP contribution is -2.41. The fourth-order valence-electron chi connectivity index (χ4n) is 4.45. The summed E-state index contributed by atoms with van der Waals surface area (Å²) in [6, 6.07) is 17.8. The van der Waals surface area contributed by atoms with Crippen LogP contribution in [0.2, 0.25) is 13.1 Å². The highest BCUT2D eigenvalue weighted by Crippen LogP contribution is 2.64. The van der Waals surface area contributed by atoms with Gasteiger partial charge in [-0.2, -0.15) is 0 Å². The number of hydrogen-bond acceptors (Lipinski definition) is 0. The van der Waals surface area contributed by atoms with Gasteiger partial charge in [-0.3, -0.25) is 0 Å². The fourth-order valence-corrected chi connectivity index (χ4v) is 8.82. The van der Waals surface area contributed by atoms with E-state index in [0.29, 0.717) is 0 Å². The van der Waals surface area contributed by atoms with Crippen LogP contribution in [0.3, 0.4) is 0 Å². The first kappa shape index (κ1) is 12.2. The van der Waals surface area contributed by atoms with Gasteiger partial charge in [0.2, 0.25) is 0 Å². The SMILES string of the molecule is CCC1=C2c3c(-c4ccccc4)cccc3C1[Si]2(C)C. The monoisotopic (exact) mass is 276 g/mol. The van der Waals surface area contributed by atoms with Gasteiger partial charge in [0.25, 0.3) is 0 Å². The van der Waals surface area contributed by atoms with Crippen LogP contribution in [0.25, 0.3) is 16.3 Å². The van der Waals surface area contributed by atoms with Gasteiger partial charge in [0.1, 0.15) is 0 Å². The first-order chi connectivity index (χ1) is 9.66. The van der Waals surface area contributed by atoms with Crippen molar-refractivity contribution in [2.75, 3.05) is 0 Å². The van der Waals surface area contributed by atoms with Crippen molar-refractivity contribution in [1.82, 2.24) is 0 Å². The maximum absolute atomic E-state index is 2.54. The average Bonchev–Trinajstić information content (AvgIpc) is 2.95. The third kappa shape index (κ3) is 1.31. The maximum Gasteiger partial charge on any atom is 0.0930 e. The first-order valence-electron chi connectivity index (χ1n) is 7.58. The molecule has 0 fully saturated rings. The Morgan fingerprint density at radius 3 is 2.40 bits per heavy atom. The summed E-state index contributed by atoms with van der Waals surface area (Å²) in [6.45, 7) is 7.40. The van der Waals surface area contributed by atoms with Gasteiger partial charge in [-0.15, -0.1) is 0 Å². The van der Waals surface area contributed by atoms with Crippen LogP contribution in [-0.2, 0) is 0 Å². The Morgan fingerprint density at radius 2 is 1.70 bits per heavy atom. The minimum Gasteiger partial charge on any atom is -0.0654 e. The van der Waals surface area contributed by atoms with Crippen LogP contribution in [0.4, 0.5) is 0 Å². The number of hydrogen-bond donors (Lipinski definition) is 0. The molecule has 5 rings (SSSR count). The second kappa shape index (κ2) is 3.95. The van der Waals surface area contributed by atoms with E-state index in [9.17, 15) is 0 Å². The Kier molecular flexibility index (Phi) is 2.40. The summed E-state index contributed by atoms with van der Waals surface area (Å²) >= 11 is 0. The third-order valence-corrected chi connectivity index (χ3v) is 9.12. The maximum atomic E-state index is 2.54. The molecule has 1 atom stereocenters. The quantitative estimate of drug-likeness (QED) is 0.643. The largest absolute Gasteiger partial charge is 0.0930 e. The minimum absolute atomic E-state index is 0.793. The molecule has 20 heavy (non-hydrogen) atoms. The van der Waals surface area contributed by atoms with Crippen LogP contribution < -0.4 is 0 Å². The standard InChI is InChI=1S/C19H20Si/c1-4-14-18-16-12-8-11-15(13-9-6-5-7-10-13)17(16)19(14)20(18,2)3/h5-12,18H,4H2,1-3H3. The lowest BCUT2D eigenvalue weighted by atomic mass is 9.97. The number of allylic oxidation sites excluding steroid dienone is 1. The first-order valence-corrected chi connectivity index (χ1v) is 10.7. The Balaban J connectivity index is 1.98. The molecule has 1 heteroatoms. The summed E-state index contributed by atoms with van der Waals surface area (Å²) in [5.74, 6) is 0. The highest BCUT2D eigenvalue weighted by atomic mass is 28.3. The van der Waals surface area contributed by atoms with Gasteiger partial charge in [-0.1, -0.05) is 79.3 Å². The van der Waals surface area contributed by atoms with Gasteiger partial charge >= 0.3 is 0 Å². The van der Waals surface area contributed by atoms with Crippen LogP contribution in [0.5, 0.6) is 0 Å². The van der Waals surface area contributed by atoms with E-state index in [1.54, 1.807) is 21.9 Å². The Bertz CT molecular complexity index is 723. The zero-order valence-corrected chi connectivity index (χ0v) is 13.4. The lowest BCUT2D eigenvalue weighted by Gasteiger charge is -2.40. The van der Waals surface area contributed by atoms with Crippen molar-refractivity contribution in [2.24, 2.45) is 0 Å². The molecule has 0 saturated carbocycles. The van der Waals surface area contributed by atoms with E-state index < -0.39 is 8.07 Å². The summed E-state index contributed by atoms with van der Waals surface area (Å²) < 4.78 is 0. The topological polar surface area (TPSA) is 0 Å². The molecule has 2 aliphatic heterocycles. The van der Waals surface area contributed by atoms with E-state index in [1.165, 1.54) is 17.5 Å². The van der Waals surface area contributed by atoms with Crippen LogP contribution in [-0.4, -0.2) is 8.07 Å². The third-order valence-electron chi connectivity index (χ3n) is 5.16. The molecule has 0 N–H and O–H groups in total. The molecule has 2 heterocycles. The van der Waals surface area contributed by atoms with E-state index >= 15 is 0 Å². The molecule has 2 aromatic carbocycles. The van der Waals surface area contributed by atoms with Crippen LogP contribution >= 0.6 is 0 Å². The molecule has 0 amide bonds. The summed E-state index contributed by atoms with van der Waals surface area (Å²) in [7, 11) is -1.22. The normalized spacial score (nSPS) is 21.6. The van der Waals surface area contributed by atoms with Crippen molar-refractivity contribution >= 4 is 13.3 Å². The van der Waals surface area contributed by atoms with Crippen LogP contribution in [0.15, 0.2) is 54.1 Å². The molecule has 0 nitrogen and oxygen atoms in total. The molecule has 3 aliphatic rings. The van der Waals surface area contributed by atoms with Crippen molar-refractivity contribution < 1.29 is 0 Å². The predicted molar refractivity (Wildman–Crippen MR) is 89.3 cm³/mol. The van der Waals surface area contributed by atoms with Gasteiger partial charge < -0.3 is 0 Å². The average molecular weight is 276 g/mol. The van der Waals surface area contributed by atoms with Crippen LogP contribution in [0.1, 0.15) is 30.0 Å². The van der Waals surface area contributed by atoms with Crippen molar-refractivity contribution in [3.05, 3.63) is 65.2 Å². The molecule has 0 aromatic heterocycles. The molecule has 1 aliphatic carbocycles. The van der Waals surface area contributed by atoms with E-state index in [2.05, 4.69) is 68.5 Å². The predicted octanol–water partition coefficient (Wildman–Crippen LogP) is 5.41. The molecule has 0 radical (unpaired) electrons. The molecule has 2 aromatic rings. The second-order valence-electron chi connectivity index (χ2n) is 6.54. The van der Waals surface area contributed by atoms with Crippen molar-refractivity contribution in [3.8, 4) is 11.1 Å². The second-order valence-corrected chi connectivity index (χ2v) is 11.1. The zero-order valence-electron chi connectivity index (χ0n) is 12.4. The minimum atomic E-state index is -1.22. The molecule has 2 bridgehead atoms. The smallest absolute Gasteiger partial charge is 0.0654 e. The van der Waals surface area contributed by atoms with Crippen molar-refractivity contribution in [3.63, 3.8) is 0 Å². The Morgan fingerprint density at radius 1 is 0.950 bits per heavy atom. The summed E-state index contributed by atoms with van der Waals surface area (Å²) in [4.78, 5) is 0. The molecule has 1 unspecified atom stereocenters. The van der Waals surface area contributed by atoms with Gasteiger partial charge in [-0.05, 0) is 28.7 Å². The Labute approximate surface area is 122 Å². The molecular formula is C19H20Si. The van der Waals surface area contributed by atoms with E-state index in [4.69, 9.17) is 0 Å². The van der Waals surface area contributed by atoms with Gasteiger partial charge in [-0.25, -0.2) is 0 Å². The molecule has 0 spiro atoms. The summed E-state index contributed by atoms with van der Waals surface area (Å²) in [6.07, 6.45) is 1.22. The van der Waals surface area contributed by atoms with E-state index in [0.717, 1.165) is 5.54 Å². The van der Waals surface area contributed by atoms with E-state index in [1.807, 2.05) is 0 Å². The van der Waals surface area contributed by atoms with Crippen molar-refractivity contribution in [2.45, 2.75) is 32.0 Å². The zero-order chi connectivity index (χ0) is 13.9. The van der Waals surface area contributed by atoms with Gasteiger partial charge in [0.05, 0.1) is 8.07 Å². The highest BCUT2D eigenvalue weighted by molar-refractivity contribution is 7.01. The molecular weight excluding hydrogens is 256 g/mol. The van der Waals surface area contributed by atoms with Crippen LogP contribution in [0, 0.1) is 0 Å². The van der Waals surface area contributed by atoms with Gasteiger partial charge in [0.15, 0.2) is 0 Å². The highest BCUT2D eigenvalue weighted by Gasteiger charge is 2.56. The summed E-state index contributed by atoms with van der Waals surface area (Å²) in [5.41, 5.74) is 8.56. The van der Waals surface area contributed by atoms with Gasteiger partial charge in [0, 0.05) is 5.54 Å². The van der Waals surface area contributed by atoms with E-state index in [-0.39, 0.29) is 0 Å². The van der Waals surface area contributed by atoms with Crippen molar-refractivity contribution in [1.29, 1.82) is 0 Å². The molecule has 0 saturated heterocycles. The lowest BCUT2D eigenvalue weighted by molar-refractivity contribution is 0.955. The summed E-state index contributed by atoms with van der Waals surface area (Å²) in [5, 5.41) is 1.76. The number of rotatable bonds is 2. The molecule has 100 valence electrons.